The van der Waals surface area contributed by atoms with E-state index < -0.39 is 5.66 Å². The van der Waals surface area contributed by atoms with Gasteiger partial charge < -0.3 is 5.21 Å². The van der Waals surface area contributed by atoms with Crippen molar-refractivity contribution in [2.75, 3.05) is 0 Å². The maximum absolute atomic E-state index is 10.9. The summed E-state index contributed by atoms with van der Waals surface area (Å²) in [6, 6.07) is 10.5. The van der Waals surface area contributed by atoms with Gasteiger partial charge in [0.15, 0.2) is 0 Å². The van der Waals surface area contributed by atoms with Gasteiger partial charge in [-0.25, -0.2) is 0 Å². The first-order chi connectivity index (χ1) is 10.6. The molecule has 0 radical (unpaired) electrons. The monoisotopic (exact) mass is 320 g/mol. The van der Waals surface area contributed by atoms with Gasteiger partial charge in [-0.15, -0.1) is 11.8 Å². The van der Waals surface area contributed by atoms with Gasteiger partial charge in [0.1, 0.15) is 5.66 Å². The molecule has 3 nitrogen and oxygen atoms in total. The molecule has 0 spiro atoms. The maximum atomic E-state index is 10.9. The van der Waals surface area contributed by atoms with E-state index in [0.29, 0.717) is 0 Å². The highest BCUT2D eigenvalue weighted by Crippen LogP contribution is 2.45. The van der Waals surface area contributed by atoms with Gasteiger partial charge in [-0.05, 0) is 31.2 Å². The van der Waals surface area contributed by atoms with Crippen LogP contribution in [-0.2, 0) is 5.75 Å². The summed E-state index contributed by atoms with van der Waals surface area (Å²) in [6.07, 6.45) is 3.42. The Labute approximate surface area is 138 Å². The number of rotatable bonds is 6. The first kappa shape index (κ1) is 17.5. The van der Waals surface area contributed by atoms with E-state index in [2.05, 4.69) is 52.0 Å². The van der Waals surface area contributed by atoms with Crippen molar-refractivity contribution >= 4 is 16.8 Å². The van der Waals surface area contributed by atoms with Crippen molar-refractivity contribution in [3.05, 3.63) is 35.9 Å². The van der Waals surface area contributed by atoms with Gasteiger partial charge in [0.05, 0.1) is 10.6 Å². The molecule has 0 fully saturated rings. The number of aliphatic imine (C=N–C) groups is 1. The number of hydroxylamine groups is 2. The number of benzene rings is 1. The molecule has 2 rings (SSSR count). The summed E-state index contributed by atoms with van der Waals surface area (Å²) < 4.78 is 0. The quantitative estimate of drug-likeness (QED) is 0.792. The summed E-state index contributed by atoms with van der Waals surface area (Å²) in [5.74, 6) is 0.902. The Bertz CT molecular complexity index is 507. The van der Waals surface area contributed by atoms with Crippen molar-refractivity contribution in [3.63, 3.8) is 0 Å². The molecule has 1 N–H and O–H groups in total. The zero-order valence-corrected chi connectivity index (χ0v) is 15.0. The van der Waals surface area contributed by atoms with Crippen LogP contribution >= 0.6 is 11.8 Å². The second-order valence-electron chi connectivity index (χ2n) is 5.93. The maximum Gasteiger partial charge on any atom is 0.136 e. The highest BCUT2D eigenvalue weighted by atomic mass is 32.2. The lowest BCUT2D eigenvalue weighted by molar-refractivity contribution is -0.211. The molecule has 1 aromatic carbocycles. The van der Waals surface area contributed by atoms with E-state index in [1.165, 1.54) is 5.56 Å². The van der Waals surface area contributed by atoms with E-state index in [0.717, 1.165) is 36.5 Å². The minimum Gasteiger partial charge on any atom is -0.311 e. The normalized spacial score (nSPS) is 20.1. The van der Waals surface area contributed by atoms with Gasteiger partial charge in [-0.1, -0.05) is 58.0 Å². The predicted octanol–water partition coefficient (Wildman–Crippen LogP) is 5.10. The van der Waals surface area contributed by atoms with Crippen molar-refractivity contribution < 1.29 is 5.21 Å². The standard InChI is InChI=1S/C18H28N2OS/c1-5-17(6-2)16(19-18(7-3,8-4)20(17)21)22-14-15-12-10-9-11-13-15/h9-13,21H,5-8,14H2,1-4H3. The fourth-order valence-electron chi connectivity index (χ4n) is 3.28. The van der Waals surface area contributed by atoms with E-state index in [4.69, 9.17) is 4.99 Å². The Kier molecular flexibility index (Phi) is 5.70. The Morgan fingerprint density at radius 1 is 1.00 bits per heavy atom. The van der Waals surface area contributed by atoms with Gasteiger partial charge in [0, 0.05) is 5.75 Å². The fraction of sp³-hybridized carbons (Fsp3) is 0.611. The highest BCUT2D eigenvalue weighted by Gasteiger charge is 2.53. The van der Waals surface area contributed by atoms with Crippen LogP contribution in [0.3, 0.4) is 0 Å². The second kappa shape index (κ2) is 7.16. The van der Waals surface area contributed by atoms with Crippen LogP contribution in [0.1, 0.15) is 58.9 Å². The van der Waals surface area contributed by atoms with E-state index in [1.54, 1.807) is 16.8 Å². The first-order valence-corrected chi connectivity index (χ1v) is 9.33. The fourth-order valence-corrected chi connectivity index (χ4v) is 4.66. The number of hydrogen-bond donors (Lipinski definition) is 1. The Balaban J connectivity index is 2.28. The van der Waals surface area contributed by atoms with Crippen LogP contribution in [0.4, 0.5) is 0 Å². The molecule has 0 atom stereocenters. The molecule has 0 unspecified atom stereocenters. The van der Waals surface area contributed by atoms with Gasteiger partial charge >= 0.3 is 0 Å². The summed E-state index contributed by atoms with van der Waals surface area (Å²) in [7, 11) is 0. The van der Waals surface area contributed by atoms with Crippen molar-refractivity contribution in [2.45, 2.75) is 70.3 Å². The molecule has 1 aliphatic heterocycles. The van der Waals surface area contributed by atoms with Crippen LogP contribution < -0.4 is 0 Å². The molecule has 0 saturated heterocycles. The summed E-state index contributed by atoms with van der Waals surface area (Å²) in [5, 5.41) is 13.6. The SMILES string of the molecule is CCC1(CC)N=C(SCc2ccccc2)C(CC)(CC)N1O. The van der Waals surface area contributed by atoms with Gasteiger partial charge in [0.25, 0.3) is 0 Å². The zero-order valence-electron chi connectivity index (χ0n) is 14.2. The lowest BCUT2D eigenvalue weighted by Crippen LogP contribution is -2.54. The van der Waals surface area contributed by atoms with Crippen molar-refractivity contribution in [2.24, 2.45) is 4.99 Å². The molecule has 0 aliphatic carbocycles. The lowest BCUT2D eigenvalue weighted by Gasteiger charge is -2.40. The third-order valence-corrected chi connectivity index (χ3v) is 6.25. The minimum atomic E-state index is -0.453. The summed E-state index contributed by atoms with van der Waals surface area (Å²) in [5.41, 5.74) is 0.516. The zero-order chi connectivity index (χ0) is 16.2. The minimum absolute atomic E-state index is 0.328. The second-order valence-corrected chi connectivity index (χ2v) is 6.90. The third kappa shape index (κ3) is 2.84. The molecular weight excluding hydrogens is 292 g/mol. The molecule has 0 amide bonds. The van der Waals surface area contributed by atoms with Gasteiger partial charge in [-0.2, -0.15) is 5.06 Å². The Morgan fingerprint density at radius 3 is 2.09 bits per heavy atom. The largest absolute Gasteiger partial charge is 0.311 e. The molecule has 1 heterocycles. The van der Waals surface area contributed by atoms with Crippen molar-refractivity contribution in [1.29, 1.82) is 0 Å². The smallest absolute Gasteiger partial charge is 0.136 e. The molecule has 1 aliphatic rings. The summed E-state index contributed by atoms with van der Waals surface area (Å²) in [6.45, 7) is 8.51. The topological polar surface area (TPSA) is 35.8 Å². The van der Waals surface area contributed by atoms with Gasteiger partial charge in [-0.3, -0.25) is 4.99 Å². The van der Waals surface area contributed by atoms with Crippen LogP contribution in [0, 0.1) is 0 Å². The van der Waals surface area contributed by atoms with Crippen LogP contribution in [0.5, 0.6) is 0 Å². The average molecular weight is 321 g/mol. The molecule has 0 bridgehead atoms. The van der Waals surface area contributed by atoms with E-state index in [1.807, 2.05) is 6.07 Å². The predicted molar refractivity (Wildman–Crippen MR) is 95.4 cm³/mol. The molecule has 0 aromatic heterocycles. The van der Waals surface area contributed by atoms with E-state index >= 15 is 0 Å². The van der Waals surface area contributed by atoms with E-state index in [-0.39, 0.29) is 5.54 Å². The molecular formula is C18H28N2OS. The highest BCUT2D eigenvalue weighted by molar-refractivity contribution is 8.13. The van der Waals surface area contributed by atoms with E-state index in [9.17, 15) is 5.21 Å². The number of hydrogen-bond acceptors (Lipinski definition) is 4. The number of thioether (sulfide) groups is 1. The number of nitrogens with zero attached hydrogens (tertiary/aromatic N) is 2. The Morgan fingerprint density at radius 2 is 1.59 bits per heavy atom. The molecule has 22 heavy (non-hydrogen) atoms. The molecule has 0 saturated carbocycles. The molecule has 1 aromatic rings. The summed E-state index contributed by atoms with van der Waals surface area (Å²) in [4.78, 5) is 5.00. The van der Waals surface area contributed by atoms with Crippen LogP contribution in [0.2, 0.25) is 0 Å². The Hall–Kier alpha value is -0.840. The molecule has 122 valence electrons. The van der Waals surface area contributed by atoms with Crippen LogP contribution in [0.15, 0.2) is 35.3 Å². The van der Waals surface area contributed by atoms with Gasteiger partial charge in [0.2, 0.25) is 0 Å². The average Bonchev–Trinajstić information content (AvgIpc) is 2.83. The third-order valence-electron chi connectivity index (χ3n) is 5.03. The van der Waals surface area contributed by atoms with Crippen LogP contribution in [0.25, 0.3) is 0 Å². The van der Waals surface area contributed by atoms with Crippen molar-refractivity contribution in [3.8, 4) is 0 Å². The van der Waals surface area contributed by atoms with Crippen LogP contribution in [-0.4, -0.2) is 26.5 Å². The first-order valence-electron chi connectivity index (χ1n) is 8.34. The lowest BCUT2D eigenvalue weighted by atomic mass is 9.92. The summed E-state index contributed by atoms with van der Waals surface area (Å²) >= 11 is 1.78. The molecule has 4 heteroatoms. The van der Waals surface area contributed by atoms with Crippen molar-refractivity contribution in [1.82, 2.24) is 5.06 Å².